The van der Waals surface area contributed by atoms with E-state index in [1.165, 1.54) is 31.4 Å². The van der Waals surface area contributed by atoms with Crippen LogP contribution in [0, 0.1) is 0 Å². The second-order valence-electron chi connectivity index (χ2n) is 5.42. The standard InChI is InChI=1S/C18H15F3N2O4/c1-27-17(26)11-3-2-4-14(9-11)23-16(25)10-15(24)22-13-7-5-12(6-8-13)18(19,20)21/h2-9H,10H2,1H3,(H,22,24)(H,23,25). The second-order valence-corrected chi connectivity index (χ2v) is 5.42. The Morgan fingerprint density at radius 2 is 1.52 bits per heavy atom. The Kier molecular flexibility index (Phi) is 6.17. The van der Waals surface area contributed by atoms with Crippen LogP contribution in [0.5, 0.6) is 0 Å². The smallest absolute Gasteiger partial charge is 0.416 e. The van der Waals surface area contributed by atoms with Gasteiger partial charge in [-0.1, -0.05) is 6.07 Å². The summed E-state index contributed by atoms with van der Waals surface area (Å²) in [6.07, 6.45) is -5.02. The monoisotopic (exact) mass is 380 g/mol. The number of carbonyl (C=O) groups is 3. The maximum atomic E-state index is 12.5. The van der Waals surface area contributed by atoms with Gasteiger partial charge < -0.3 is 15.4 Å². The lowest BCUT2D eigenvalue weighted by Crippen LogP contribution is -2.21. The Labute approximate surface area is 152 Å². The van der Waals surface area contributed by atoms with E-state index >= 15 is 0 Å². The fourth-order valence-electron chi connectivity index (χ4n) is 2.14. The van der Waals surface area contributed by atoms with E-state index in [9.17, 15) is 27.6 Å². The number of hydrogen-bond acceptors (Lipinski definition) is 4. The van der Waals surface area contributed by atoms with Crippen molar-refractivity contribution in [3.8, 4) is 0 Å². The molecule has 6 nitrogen and oxygen atoms in total. The second kappa shape index (κ2) is 8.35. The summed E-state index contributed by atoms with van der Waals surface area (Å²) in [5.74, 6) is -1.93. The highest BCUT2D eigenvalue weighted by atomic mass is 19.4. The molecule has 0 aliphatic carbocycles. The molecule has 2 amide bonds. The lowest BCUT2D eigenvalue weighted by atomic mass is 10.2. The average Bonchev–Trinajstić information content (AvgIpc) is 2.60. The van der Waals surface area contributed by atoms with E-state index in [1.54, 1.807) is 0 Å². The van der Waals surface area contributed by atoms with Crippen LogP contribution >= 0.6 is 0 Å². The molecule has 0 heterocycles. The number of rotatable bonds is 5. The summed E-state index contributed by atoms with van der Waals surface area (Å²) in [7, 11) is 1.22. The minimum absolute atomic E-state index is 0.133. The molecule has 0 atom stereocenters. The van der Waals surface area contributed by atoms with Gasteiger partial charge in [-0.05, 0) is 42.5 Å². The molecule has 0 aliphatic heterocycles. The quantitative estimate of drug-likeness (QED) is 0.615. The van der Waals surface area contributed by atoms with Gasteiger partial charge in [0.25, 0.3) is 0 Å². The van der Waals surface area contributed by atoms with Gasteiger partial charge in [0.1, 0.15) is 6.42 Å². The molecule has 9 heteroatoms. The molecular formula is C18H15F3N2O4. The first-order valence-corrected chi connectivity index (χ1v) is 7.64. The van der Waals surface area contributed by atoms with E-state index in [0.29, 0.717) is 5.69 Å². The third-order valence-corrected chi connectivity index (χ3v) is 3.38. The molecule has 0 bridgehead atoms. The van der Waals surface area contributed by atoms with Crippen molar-refractivity contribution in [2.75, 3.05) is 17.7 Å². The fraction of sp³-hybridized carbons (Fsp3) is 0.167. The molecule has 2 rings (SSSR count). The number of methoxy groups -OCH3 is 1. The van der Waals surface area contributed by atoms with E-state index in [0.717, 1.165) is 24.3 Å². The molecule has 0 aliphatic rings. The molecule has 0 unspecified atom stereocenters. The van der Waals surface area contributed by atoms with E-state index < -0.39 is 35.9 Å². The van der Waals surface area contributed by atoms with Gasteiger partial charge in [-0.2, -0.15) is 13.2 Å². The highest BCUT2D eigenvalue weighted by Crippen LogP contribution is 2.29. The molecule has 142 valence electrons. The number of halogens is 3. The number of benzene rings is 2. The van der Waals surface area contributed by atoms with Gasteiger partial charge in [-0.3, -0.25) is 9.59 Å². The molecule has 0 spiro atoms. The zero-order valence-electron chi connectivity index (χ0n) is 14.1. The third kappa shape index (κ3) is 5.84. The molecule has 2 aromatic rings. The van der Waals surface area contributed by atoms with Crippen LogP contribution in [0.15, 0.2) is 48.5 Å². The lowest BCUT2D eigenvalue weighted by Gasteiger charge is -2.09. The topological polar surface area (TPSA) is 84.5 Å². The van der Waals surface area contributed by atoms with Crippen molar-refractivity contribution >= 4 is 29.2 Å². The van der Waals surface area contributed by atoms with Crippen LogP contribution in [0.4, 0.5) is 24.5 Å². The van der Waals surface area contributed by atoms with Gasteiger partial charge in [0.15, 0.2) is 0 Å². The Morgan fingerprint density at radius 1 is 0.926 bits per heavy atom. The van der Waals surface area contributed by atoms with Gasteiger partial charge in [0, 0.05) is 11.4 Å². The Balaban J connectivity index is 1.92. The van der Waals surface area contributed by atoms with Gasteiger partial charge in [-0.25, -0.2) is 4.79 Å². The van der Waals surface area contributed by atoms with E-state index in [2.05, 4.69) is 15.4 Å². The highest BCUT2D eigenvalue weighted by molar-refractivity contribution is 6.08. The highest BCUT2D eigenvalue weighted by Gasteiger charge is 2.30. The molecule has 27 heavy (non-hydrogen) atoms. The molecule has 2 N–H and O–H groups in total. The van der Waals surface area contributed by atoms with Crippen LogP contribution in [0.1, 0.15) is 22.3 Å². The third-order valence-electron chi connectivity index (χ3n) is 3.38. The SMILES string of the molecule is COC(=O)c1cccc(NC(=O)CC(=O)Nc2ccc(C(F)(F)F)cc2)c1. The van der Waals surface area contributed by atoms with Crippen molar-refractivity contribution in [1.82, 2.24) is 0 Å². The van der Waals surface area contributed by atoms with Crippen molar-refractivity contribution in [1.29, 1.82) is 0 Å². The first-order chi connectivity index (χ1) is 12.7. The van der Waals surface area contributed by atoms with Crippen molar-refractivity contribution in [2.24, 2.45) is 0 Å². The predicted octanol–water partition coefficient (Wildman–Crippen LogP) is 3.46. The molecule has 0 aromatic heterocycles. The van der Waals surface area contributed by atoms with Gasteiger partial charge >= 0.3 is 12.1 Å². The van der Waals surface area contributed by atoms with Crippen LogP contribution in [0.3, 0.4) is 0 Å². The fourth-order valence-corrected chi connectivity index (χ4v) is 2.14. The maximum absolute atomic E-state index is 12.5. The summed E-state index contributed by atoms with van der Waals surface area (Å²) >= 11 is 0. The van der Waals surface area contributed by atoms with E-state index in [1.807, 2.05) is 0 Å². The first-order valence-electron chi connectivity index (χ1n) is 7.64. The molecule has 2 aromatic carbocycles. The minimum atomic E-state index is -4.47. The number of alkyl halides is 3. The minimum Gasteiger partial charge on any atom is -0.465 e. The zero-order valence-corrected chi connectivity index (χ0v) is 14.1. The molecule has 0 saturated carbocycles. The Hall–Kier alpha value is -3.36. The zero-order chi connectivity index (χ0) is 20.0. The largest absolute Gasteiger partial charge is 0.465 e. The number of esters is 1. The number of carbonyl (C=O) groups excluding carboxylic acids is 3. The van der Waals surface area contributed by atoms with Crippen LogP contribution < -0.4 is 10.6 Å². The summed E-state index contributed by atoms with van der Waals surface area (Å²) in [6, 6.07) is 9.79. The molecule has 0 radical (unpaired) electrons. The summed E-state index contributed by atoms with van der Waals surface area (Å²) in [5.41, 5.74) is -0.188. The lowest BCUT2D eigenvalue weighted by molar-refractivity contribution is -0.137. The van der Waals surface area contributed by atoms with E-state index in [-0.39, 0.29) is 11.3 Å². The van der Waals surface area contributed by atoms with Crippen molar-refractivity contribution in [2.45, 2.75) is 12.6 Å². The van der Waals surface area contributed by atoms with Crippen molar-refractivity contribution < 1.29 is 32.3 Å². The van der Waals surface area contributed by atoms with Crippen LogP contribution in [-0.4, -0.2) is 24.9 Å². The number of ether oxygens (including phenoxy) is 1. The molecule has 0 fully saturated rings. The number of amides is 2. The number of anilines is 2. The Morgan fingerprint density at radius 3 is 2.07 bits per heavy atom. The van der Waals surface area contributed by atoms with E-state index in [4.69, 9.17) is 0 Å². The summed E-state index contributed by atoms with van der Waals surface area (Å²) in [5, 5.41) is 4.79. The number of nitrogens with one attached hydrogen (secondary N) is 2. The van der Waals surface area contributed by atoms with Gasteiger partial charge in [0.2, 0.25) is 11.8 Å². The molecule has 0 saturated heterocycles. The average molecular weight is 380 g/mol. The van der Waals surface area contributed by atoms with Crippen LogP contribution in [0.25, 0.3) is 0 Å². The first kappa shape index (κ1) is 20.0. The Bertz CT molecular complexity index is 848. The molecular weight excluding hydrogens is 365 g/mol. The summed E-state index contributed by atoms with van der Waals surface area (Å²) < 4.78 is 42.0. The van der Waals surface area contributed by atoms with Crippen LogP contribution in [-0.2, 0) is 20.5 Å². The predicted molar refractivity (Wildman–Crippen MR) is 91.1 cm³/mol. The van der Waals surface area contributed by atoms with Gasteiger partial charge in [-0.15, -0.1) is 0 Å². The van der Waals surface area contributed by atoms with Crippen LogP contribution in [0.2, 0.25) is 0 Å². The number of hydrogen-bond donors (Lipinski definition) is 2. The van der Waals surface area contributed by atoms with Crippen molar-refractivity contribution in [3.63, 3.8) is 0 Å². The normalized spacial score (nSPS) is 10.8. The summed E-state index contributed by atoms with van der Waals surface area (Å²) in [4.78, 5) is 35.2. The van der Waals surface area contributed by atoms with Crippen molar-refractivity contribution in [3.05, 3.63) is 59.7 Å². The van der Waals surface area contributed by atoms with Gasteiger partial charge in [0.05, 0.1) is 18.2 Å². The maximum Gasteiger partial charge on any atom is 0.416 e. The summed E-state index contributed by atoms with van der Waals surface area (Å²) in [6.45, 7) is 0.